The van der Waals surface area contributed by atoms with Gasteiger partial charge in [0.1, 0.15) is 0 Å². The lowest BCUT2D eigenvalue weighted by Crippen LogP contribution is -2.38. The van der Waals surface area contributed by atoms with E-state index in [4.69, 9.17) is 9.15 Å². The molecule has 7 heteroatoms. The monoisotopic (exact) mass is 356 g/mol. The first-order valence-corrected chi connectivity index (χ1v) is 8.51. The number of ether oxygens (including phenoxy) is 1. The van der Waals surface area contributed by atoms with Crippen molar-refractivity contribution < 1.29 is 23.5 Å². The second-order valence-electron chi connectivity index (χ2n) is 5.92. The van der Waals surface area contributed by atoms with Crippen molar-refractivity contribution in [3.63, 3.8) is 0 Å². The molecule has 0 bridgehead atoms. The average molecular weight is 356 g/mol. The summed E-state index contributed by atoms with van der Waals surface area (Å²) in [5.41, 5.74) is 2.00. The van der Waals surface area contributed by atoms with Crippen LogP contribution in [0.5, 0.6) is 0 Å². The molecule has 0 aliphatic carbocycles. The molecule has 1 aliphatic heterocycles. The highest BCUT2D eigenvalue weighted by Gasteiger charge is 2.23. The van der Waals surface area contributed by atoms with Gasteiger partial charge in [-0.1, -0.05) is 18.2 Å². The van der Waals surface area contributed by atoms with Gasteiger partial charge in [-0.25, -0.2) is 0 Å². The summed E-state index contributed by atoms with van der Waals surface area (Å²) >= 11 is 0. The van der Waals surface area contributed by atoms with Crippen LogP contribution in [0.2, 0.25) is 0 Å². The molecule has 0 fully saturated rings. The number of aryl methyl sites for hydroxylation is 1. The smallest absolute Gasteiger partial charge is 0.308 e. The minimum Gasteiger partial charge on any atom is -0.459 e. The summed E-state index contributed by atoms with van der Waals surface area (Å²) < 4.78 is 9.99. The summed E-state index contributed by atoms with van der Waals surface area (Å²) in [5.74, 6) is -1.00. The number of carbonyl (C=O) groups excluding carboxylic acids is 3. The first-order valence-electron chi connectivity index (χ1n) is 8.51. The van der Waals surface area contributed by atoms with Gasteiger partial charge in [0.15, 0.2) is 12.4 Å². The van der Waals surface area contributed by atoms with Gasteiger partial charge >= 0.3 is 5.97 Å². The molecule has 26 heavy (non-hydrogen) atoms. The van der Waals surface area contributed by atoms with Gasteiger partial charge in [0.05, 0.1) is 12.7 Å². The van der Waals surface area contributed by atoms with E-state index < -0.39 is 11.9 Å². The zero-order chi connectivity index (χ0) is 18.4. The number of hydrogen-bond donors (Lipinski definition) is 1. The van der Waals surface area contributed by atoms with E-state index in [1.54, 1.807) is 11.0 Å². The van der Waals surface area contributed by atoms with Gasteiger partial charge in [0, 0.05) is 18.8 Å². The van der Waals surface area contributed by atoms with Gasteiger partial charge in [-0.3, -0.25) is 14.4 Å². The highest BCUT2D eigenvalue weighted by atomic mass is 16.5. The van der Waals surface area contributed by atoms with Crippen LogP contribution in [0.4, 0.5) is 5.69 Å². The van der Waals surface area contributed by atoms with Crippen molar-refractivity contribution in [3.8, 4) is 0 Å². The number of benzene rings is 1. The highest BCUT2D eigenvalue weighted by Crippen LogP contribution is 2.26. The second kappa shape index (κ2) is 8.33. The molecule has 0 spiro atoms. The van der Waals surface area contributed by atoms with Crippen LogP contribution >= 0.6 is 0 Å². The van der Waals surface area contributed by atoms with Crippen LogP contribution in [0.15, 0.2) is 47.1 Å². The number of fused-ring (bicyclic) bond motifs is 1. The lowest BCUT2D eigenvalue weighted by atomic mass is 10.0. The van der Waals surface area contributed by atoms with Gasteiger partial charge in [0.25, 0.3) is 11.8 Å². The molecule has 0 radical (unpaired) electrons. The Kier molecular flexibility index (Phi) is 5.68. The molecule has 0 atom stereocenters. The number of para-hydroxylation sites is 1. The number of amides is 2. The maximum absolute atomic E-state index is 12.4. The maximum atomic E-state index is 12.4. The Morgan fingerprint density at radius 3 is 2.81 bits per heavy atom. The Balaban J connectivity index is 1.42. The number of esters is 1. The van der Waals surface area contributed by atoms with E-state index in [1.165, 1.54) is 12.3 Å². The number of nitrogens with one attached hydrogen (secondary N) is 1. The van der Waals surface area contributed by atoms with Crippen LogP contribution in [0.25, 0.3) is 0 Å². The van der Waals surface area contributed by atoms with Crippen molar-refractivity contribution in [3.05, 3.63) is 54.0 Å². The van der Waals surface area contributed by atoms with E-state index in [1.807, 2.05) is 24.3 Å². The molecule has 1 aromatic carbocycles. The van der Waals surface area contributed by atoms with Gasteiger partial charge in [0.2, 0.25) is 0 Å². The molecule has 0 saturated heterocycles. The quantitative estimate of drug-likeness (QED) is 0.799. The lowest BCUT2D eigenvalue weighted by molar-refractivity contribution is -0.147. The fourth-order valence-electron chi connectivity index (χ4n) is 2.86. The molecule has 1 N–H and O–H groups in total. The van der Waals surface area contributed by atoms with Crippen LogP contribution in [0, 0.1) is 0 Å². The normalized spacial score (nSPS) is 13.0. The van der Waals surface area contributed by atoms with Crippen molar-refractivity contribution >= 4 is 23.5 Å². The molecule has 1 aromatic heterocycles. The van der Waals surface area contributed by atoms with Crippen molar-refractivity contribution in [2.45, 2.75) is 19.3 Å². The maximum Gasteiger partial charge on any atom is 0.308 e. The van der Waals surface area contributed by atoms with Crippen LogP contribution < -0.4 is 10.2 Å². The molecule has 2 heterocycles. The Hall–Kier alpha value is -3.09. The summed E-state index contributed by atoms with van der Waals surface area (Å²) in [5, 5.41) is 2.55. The van der Waals surface area contributed by atoms with Crippen molar-refractivity contribution in [2.24, 2.45) is 0 Å². The zero-order valence-corrected chi connectivity index (χ0v) is 14.3. The molecule has 7 nitrogen and oxygen atoms in total. The van der Waals surface area contributed by atoms with E-state index >= 15 is 0 Å². The summed E-state index contributed by atoms with van der Waals surface area (Å²) in [6.07, 6.45) is 3.20. The van der Waals surface area contributed by atoms with Crippen LogP contribution in [0.3, 0.4) is 0 Å². The SMILES string of the molecule is O=C(CCNC(=O)c1ccco1)OCC(=O)N1CCCc2ccccc21. The molecule has 136 valence electrons. The predicted octanol–water partition coefficient (Wildman–Crippen LogP) is 1.92. The zero-order valence-electron chi connectivity index (χ0n) is 14.3. The van der Waals surface area contributed by atoms with E-state index in [9.17, 15) is 14.4 Å². The molecular formula is C19H20N2O5. The minimum absolute atomic E-state index is 0.0175. The summed E-state index contributed by atoms with van der Waals surface area (Å²) in [6.45, 7) is 0.422. The van der Waals surface area contributed by atoms with Gasteiger partial charge in [-0.2, -0.15) is 0 Å². The van der Waals surface area contributed by atoms with Gasteiger partial charge in [-0.05, 0) is 36.6 Å². The first-order chi connectivity index (χ1) is 12.6. The van der Waals surface area contributed by atoms with Crippen molar-refractivity contribution in [1.82, 2.24) is 5.32 Å². The van der Waals surface area contributed by atoms with E-state index in [-0.39, 0.29) is 31.2 Å². The second-order valence-corrected chi connectivity index (χ2v) is 5.92. The Labute approximate surface area is 150 Å². The third-order valence-corrected chi connectivity index (χ3v) is 4.13. The van der Waals surface area contributed by atoms with Crippen LogP contribution in [0.1, 0.15) is 29.0 Å². The number of carbonyl (C=O) groups is 3. The highest BCUT2D eigenvalue weighted by molar-refractivity contribution is 5.96. The van der Waals surface area contributed by atoms with Crippen molar-refractivity contribution in [1.29, 1.82) is 0 Å². The van der Waals surface area contributed by atoms with Crippen LogP contribution in [-0.4, -0.2) is 37.5 Å². The first kappa shape index (κ1) is 17.7. The minimum atomic E-state index is -0.539. The molecule has 2 aromatic rings. The number of hydrogen-bond acceptors (Lipinski definition) is 5. The third kappa shape index (κ3) is 4.30. The van der Waals surface area contributed by atoms with E-state index in [0.29, 0.717) is 6.54 Å². The van der Waals surface area contributed by atoms with E-state index in [0.717, 1.165) is 24.1 Å². The summed E-state index contributed by atoms with van der Waals surface area (Å²) in [7, 11) is 0. The topological polar surface area (TPSA) is 88.9 Å². The standard InChI is InChI=1S/C19H20N2O5/c22-17(21-11-3-6-14-5-1-2-7-15(14)21)13-26-18(23)9-10-20-19(24)16-8-4-12-25-16/h1-2,4-5,7-8,12H,3,6,9-11,13H2,(H,20,24). The molecule has 3 rings (SSSR count). The number of anilines is 1. The largest absolute Gasteiger partial charge is 0.459 e. The fraction of sp³-hybridized carbons (Fsp3) is 0.316. The lowest BCUT2D eigenvalue weighted by Gasteiger charge is -2.29. The number of furan rings is 1. The molecule has 0 saturated carbocycles. The summed E-state index contributed by atoms with van der Waals surface area (Å²) in [4.78, 5) is 37.5. The Morgan fingerprint density at radius 1 is 1.15 bits per heavy atom. The van der Waals surface area contributed by atoms with Crippen molar-refractivity contribution in [2.75, 3.05) is 24.6 Å². The fourth-order valence-corrected chi connectivity index (χ4v) is 2.86. The average Bonchev–Trinajstić information content (AvgIpc) is 3.20. The van der Waals surface area contributed by atoms with Gasteiger partial charge in [-0.15, -0.1) is 0 Å². The predicted molar refractivity (Wildman–Crippen MR) is 93.7 cm³/mol. The van der Waals surface area contributed by atoms with Crippen LogP contribution in [-0.2, 0) is 20.7 Å². The molecular weight excluding hydrogens is 336 g/mol. The Morgan fingerprint density at radius 2 is 2.00 bits per heavy atom. The third-order valence-electron chi connectivity index (χ3n) is 4.13. The molecule has 0 unspecified atom stereocenters. The number of nitrogens with zero attached hydrogens (tertiary/aromatic N) is 1. The summed E-state index contributed by atoms with van der Waals surface area (Å²) in [6, 6.07) is 10.9. The Bertz CT molecular complexity index is 785. The van der Waals surface area contributed by atoms with E-state index in [2.05, 4.69) is 5.32 Å². The molecule has 1 aliphatic rings. The molecule has 2 amide bonds. The number of rotatable bonds is 6. The van der Waals surface area contributed by atoms with Gasteiger partial charge < -0.3 is 19.4 Å².